The maximum Gasteiger partial charge on any atom is 0.187 e. The van der Waals surface area contributed by atoms with Crippen LogP contribution in [-0.2, 0) is 0 Å². The Morgan fingerprint density at radius 2 is 0.708 bits per heavy atom. The van der Waals surface area contributed by atoms with E-state index in [1.807, 2.05) is 84.9 Å². The van der Waals surface area contributed by atoms with Crippen LogP contribution in [0.2, 0.25) is 0 Å². The fourth-order valence-electron chi connectivity index (χ4n) is 10.1. The van der Waals surface area contributed by atoms with Gasteiger partial charge >= 0.3 is 0 Å². The lowest BCUT2D eigenvalue weighted by Gasteiger charge is -2.18. The lowest BCUT2D eigenvalue weighted by molar-refractivity contribution is 1.12. The molecule has 0 aliphatic rings. The van der Waals surface area contributed by atoms with Gasteiger partial charge in [0.25, 0.3) is 0 Å². The first kappa shape index (κ1) is 42.5. The first-order valence-corrected chi connectivity index (χ1v) is 23.1. The van der Waals surface area contributed by atoms with Crippen molar-refractivity contribution in [1.82, 2.24) is 14.1 Å². The molecule has 0 bridgehead atoms. The predicted molar refractivity (Wildman–Crippen MR) is 287 cm³/mol. The van der Waals surface area contributed by atoms with Crippen LogP contribution in [0.5, 0.6) is 0 Å². The molecule has 3 aromatic heterocycles. The van der Waals surface area contributed by atoms with Gasteiger partial charge in [-0.2, -0.15) is 15.8 Å². The maximum atomic E-state index is 11.7. The van der Waals surface area contributed by atoms with Crippen LogP contribution < -0.4 is 0 Å². The van der Waals surface area contributed by atoms with E-state index in [4.69, 9.17) is 13.1 Å². The number of rotatable bonds is 7. The molecule has 0 saturated carbocycles. The van der Waals surface area contributed by atoms with Crippen LogP contribution in [0.25, 0.3) is 120 Å². The highest BCUT2D eigenvalue weighted by atomic mass is 15.0. The van der Waals surface area contributed by atoms with E-state index in [0.717, 1.165) is 99.2 Å². The van der Waals surface area contributed by atoms with Crippen LogP contribution in [0.3, 0.4) is 0 Å². The van der Waals surface area contributed by atoms with Gasteiger partial charge in [-0.3, -0.25) is 4.98 Å². The SMILES string of the molecule is [C-]#[N+]c1cccc(-c2ccc3c(c2)c2cc(-c4cccc([N+]#[C-])c4)ccc2n3-c2cc(-c3ccncc3)cc(-n3c4ccc(-c5cccc(C#N)c5)cc4c4cc(-c5cccc(C#N)c5)ccc43)c2C#N)c1. The molecule has 72 heavy (non-hydrogen) atoms. The number of nitriles is 3. The van der Waals surface area contributed by atoms with Crippen LogP contribution in [0.4, 0.5) is 11.4 Å². The summed E-state index contributed by atoms with van der Waals surface area (Å²) >= 11 is 0. The third-order valence-electron chi connectivity index (χ3n) is 13.5. The molecular formula is C64H34N8. The van der Waals surface area contributed by atoms with Crippen molar-refractivity contribution in [3.05, 3.63) is 246 Å². The molecule has 0 unspecified atom stereocenters. The van der Waals surface area contributed by atoms with Crippen LogP contribution >= 0.6 is 0 Å². The molecule has 8 nitrogen and oxygen atoms in total. The zero-order valence-electron chi connectivity index (χ0n) is 38.2. The Kier molecular flexibility index (Phi) is 10.3. The minimum atomic E-state index is 0.449. The Labute approximate surface area is 414 Å². The number of hydrogen-bond donors (Lipinski definition) is 0. The summed E-state index contributed by atoms with van der Waals surface area (Å²) in [6.07, 6.45) is 3.54. The summed E-state index contributed by atoms with van der Waals surface area (Å²) in [6.45, 7) is 15.4. The second kappa shape index (κ2) is 17.4. The molecule has 12 aromatic rings. The smallest absolute Gasteiger partial charge is 0.187 e. The van der Waals surface area contributed by atoms with Crippen molar-refractivity contribution >= 4 is 55.0 Å². The lowest BCUT2D eigenvalue weighted by Crippen LogP contribution is -2.05. The summed E-state index contributed by atoms with van der Waals surface area (Å²) in [7, 11) is 0. The topological polar surface area (TPSA) is 103 Å². The van der Waals surface area contributed by atoms with E-state index in [2.05, 4.69) is 127 Å². The Morgan fingerprint density at radius 3 is 1.07 bits per heavy atom. The van der Waals surface area contributed by atoms with Gasteiger partial charge in [0, 0.05) is 33.9 Å². The molecular weight excluding hydrogens is 881 g/mol. The average Bonchev–Trinajstić information content (AvgIpc) is 3.96. The maximum absolute atomic E-state index is 11.7. The molecule has 0 aliphatic heterocycles. The summed E-state index contributed by atoms with van der Waals surface area (Å²) < 4.78 is 4.37. The van der Waals surface area contributed by atoms with E-state index in [-0.39, 0.29) is 0 Å². The van der Waals surface area contributed by atoms with Gasteiger partial charge in [0.2, 0.25) is 0 Å². The van der Waals surface area contributed by atoms with E-state index < -0.39 is 0 Å². The molecule has 12 rings (SSSR count). The molecule has 0 aliphatic carbocycles. The number of hydrogen-bond acceptors (Lipinski definition) is 4. The molecule has 0 atom stereocenters. The minimum absolute atomic E-state index is 0.449. The summed E-state index contributed by atoms with van der Waals surface area (Å²) in [4.78, 5) is 11.8. The quantitative estimate of drug-likeness (QED) is 0.149. The van der Waals surface area contributed by atoms with E-state index in [1.165, 1.54) is 0 Å². The second-order valence-corrected chi connectivity index (χ2v) is 17.5. The van der Waals surface area contributed by atoms with Crippen LogP contribution in [-0.4, -0.2) is 14.1 Å². The third kappa shape index (κ3) is 7.17. The summed E-state index contributed by atoms with van der Waals surface area (Å²) in [5.74, 6) is 0. The monoisotopic (exact) mass is 914 g/mol. The molecule has 0 saturated heterocycles. The largest absolute Gasteiger partial charge is 0.308 e. The number of nitrogens with zero attached hydrogens (tertiary/aromatic N) is 8. The van der Waals surface area contributed by atoms with Crippen molar-refractivity contribution in [3.8, 4) is 85.2 Å². The second-order valence-electron chi connectivity index (χ2n) is 17.5. The van der Waals surface area contributed by atoms with Gasteiger partial charge in [0.1, 0.15) is 11.6 Å². The van der Waals surface area contributed by atoms with Gasteiger partial charge in [-0.15, -0.1) is 0 Å². The van der Waals surface area contributed by atoms with Crippen molar-refractivity contribution in [1.29, 1.82) is 15.8 Å². The number of benzene rings is 9. The van der Waals surface area contributed by atoms with E-state index in [9.17, 15) is 15.8 Å². The van der Waals surface area contributed by atoms with Gasteiger partial charge in [-0.25, -0.2) is 9.69 Å². The number of fused-ring (bicyclic) bond motifs is 6. The van der Waals surface area contributed by atoms with Crippen LogP contribution in [0.15, 0.2) is 207 Å². The molecule has 0 spiro atoms. The highest BCUT2D eigenvalue weighted by Gasteiger charge is 2.24. The Morgan fingerprint density at radius 1 is 0.347 bits per heavy atom. The van der Waals surface area contributed by atoms with Gasteiger partial charge in [0.05, 0.1) is 69.9 Å². The van der Waals surface area contributed by atoms with Gasteiger partial charge in [0.15, 0.2) is 11.4 Å². The van der Waals surface area contributed by atoms with Crippen molar-refractivity contribution in [2.45, 2.75) is 0 Å². The standard InChI is InChI=1S/C64H34N8/c1-68-52-13-5-11-45(29-52)49-17-21-61-56(33-49)57-34-50(46-12-6-14-53(30-46)69-2)18-22-62(57)72(61)64-36-51(42-23-25-70-26-24-42)35-63(58(64)39-67)71-59-19-15-47(43-9-3-7-40(27-43)37-65)31-54(59)55-32-48(16-20-60(55)71)44-10-4-8-41(28-44)38-66/h3-36H. The molecule has 0 amide bonds. The third-order valence-corrected chi connectivity index (χ3v) is 13.5. The van der Waals surface area contributed by atoms with E-state index >= 15 is 0 Å². The Hall–Kier alpha value is -10.8. The van der Waals surface area contributed by atoms with E-state index in [1.54, 1.807) is 36.7 Å². The summed E-state index contributed by atoms with van der Waals surface area (Å²) in [5.41, 5.74) is 16.8. The molecule has 3 heterocycles. The minimum Gasteiger partial charge on any atom is -0.308 e. The van der Waals surface area contributed by atoms with Gasteiger partial charge < -0.3 is 9.13 Å². The normalized spacial score (nSPS) is 11.0. The van der Waals surface area contributed by atoms with Crippen molar-refractivity contribution in [2.24, 2.45) is 0 Å². The highest BCUT2D eigenvalue weighted by Crippen LogP contribution is 2.44. The molecule has 0 fully saturated rings. The Balaban J connectivity index is 1.17. The molecule has 0 radical (unpaired) electrons. The zero-order chi connectivity index (χ0) is 48.9. The fraction of sp³-hybridized carbons (Fsp3) is 0. The Bertz CT molecular complexity index is 3970. The van der Waals surface area contributed by atoms with Gasteiger partial charge in [-0.1, -0.05) is 84.9 Å². The fourth-order valence-corrected chi connectivity index (χ4v) is 10.1. The van der Waals surface area contributed by atoms with Crippen LogP contribution in [0, 0.1) is 47.1 Å². The first-order valence-electron chi connectivity index (χ1n) is 23.1. The van der Waals surface area contributed by atoms with E-state index in [0.29, 0.717) is 39.4 Å². The molecule has 9 aromatic carbocycles. The molecule has 330 valence electrons. The highest BCUT2D eigenvalue weighted by molar-refractivity contribution is 6.14. The molecule has 0 N–H and O–H groups in total. The van der Waals surface area contributed by atoms with Crippen molar-refractivity contribution in [3.63, 3.8) is 0 Å². The lowest BCUT2D eigenvalue weighted by atomic mass is 9.99. The van der Waals surface area contributed by atoms with Crippen molar-refractivity contribution < 1.29 is 0 Å². The predicted octanol–water partition coefficient (Wildman–Crippen LogP) is 16.3. The summed E-state index contributed by atoms with van der Waals surface area (Å²) in [6, 6.07) is 71.1. The first-order chi connectivity index (χ1) is 35.4. The summed E-state index contributed by atoms with van der Waals surface area (Å²) in [5, 5.41) is 35.2. The van der Waals surface area contributed by atoms with Crippen LogP contribution in [0.1, 0.15) is 16.7 Å². The average molecular weight is 915 g/mol. The number of pyridine rings is 1. The van der Waals surface area contributed by atoms with Crippen molar-refractivity contribution in [2.75, 3.05) is 0 Å². The zero-order valence-corrected chi connectivity index (χ0v) is 38.2. The molecule has 8 heteroatoms. The van der Waals surface area contributed by atoms with Gasteiger partial charge in [-0.05, 0) is 165 Å². The number of aromatic nitrogens is 3.